The predicted octanol–water partition coefficient (Wildman–Crippen LogP) is 2.32. The summed E-state index contributed by atoms with van der Waals surface area (Å²) in [5, 5.41) is 12.4. The molecule has 2 heteroatoms. The molecule has 14 heavy (non-hydrogen) atoms. The molecule has 1 aliphatic carbocycles. The first-order valence-electron chi connectivity index (χ1n) is 6.21. The Morgan fingerprint density at radius 1 is 1.29 bits per heavy atom. The lowest BCUT2D eigenvalue weighted by Crippen LogP contribution is -2.32. The lowest BCUT2D eigenvalue weighted by Gasteiger charge is -2.26. The number of hydrogen-bond acceptors (Lipinski definition) is 2. The van der Waals surface area contributed by atoms with Gasteiger partial charge in [0.2, 0.25) is 0 Å². The highest BCUT2D eigenvalue weighted by Crippen LogP contribution is 2.27. The van der Waals surface area contributed by atoms with Gasteiger partial charge in [-0.1, -0.05) is 39.0 Å². The fraction of sp³-hybridized carbons (Fsp3) is 1.00. The van der Waals surface area contributed by atoms with Crippen LogP contribution in [0.5, 0.6) is 0 Å². The lowest BCUT2D eigenvalue weighted by molar-refractivity contribution is 0.236. The van der Waals surface area contributed by atoms with E-state index in [9.17, 15) is 0 Å². The highest BCUT2D eigenvalue weighted by atomic mass is 16.3. The third-order valence-corrected chi connectivity index (χ3v) is 3.31. The van der Waals surface area contributed by atoms with Gasteiger partial charge in [0.15, 0.2) is 0 Å². The van der Waals surface area contributed by atoms with Crippen molar-refractivity contribution in [3.63, 3.8) is 0 Å². The molecular formula is C12H25NO. The summed E-state index contributed by atoms with van der Waals surface area (Å²) in [5.41, 5.74) is 0. The summed E-state index contributed by atoms with van der Waals surface area (Å²) < 4.78 is 0. The Hall–Kier alpha value is -0.0800. The third-order valence-electron chi connectivity index (χ3n) is 3.31. The van der Waals surface area contributed by atoms with Gasteiger partial charge in [0.25, 0.3) is 0 Å². The van der Waals surface area contributed by atoms with Gasteiger partial charge >= 0.3 is 0 Å². The van der Waals surface area contributed by atoms with Crippen LogP contribution in [0.15, 0.2) is 0 Å². The third kappa shape index (κ3) is 4.43. The number of aliphatic hydroxyl groups is 1. The first kappa shape index (κ1) is 12.0. The molecule has 0 amide bonds. The molecule has 1 fully saturated rings. The van der Waals surface area contributed by atoms with E-state index in [0.29, 0.717) is 12.6 Å². The first-order valence-corrected chi connectivity index (χ1v) is 6.21. The van der Waals surface area contributed by atoms with E-state index in [1.807, 2.05) is 0 Å². The second-order valence-corrected chi connectivity index (χ2v) is 4.51. The van der Waals surface area contributed by atoms with E-state index in [-0.39, 0.29) is 0 Å². The molecule has 1 unspecified atom stereocenters. The van der Waals surface area contributed by atoms with E-state index >= 15 is 0 Å². The molecule has 2 nitrogen and oxygen atoms in total. The minimum Gasteiger partial charge on any atom is -0.396 e. The van der Waals surface area contributed by atoms with Crippen molar-refractivity contribution in [1.29, 1.82) is 0 Å². The highest BCUT2D eigenvalue weighted by molar-refractivity contribution is 4.74. The van der Waals surface area contributed by atoms with E-state index in [1.54, 1.807) is 0 Å². The fourth-order valence-corrected chi connectivity index (χ4v) is 2.57. The second kappa shape index (κ2) is 7.24. The topological polar surface area (TPSA) is 32.3 Å². The van der Waals surface area contributed by atoms with Crippen LogP contribution in [0.2, 0.25) is 0 Å². The first-order chi connectivity index (χ1) is 6.86. The molecule has 0 aromatic rings. The SMILES string of the molecule is CCNC(CCO)CC1CCCCC1. The minimum atomic E-state index is 0.324. The van der Waals surface area contributed by atoms with Crippen molar-refractivity contribution in [2.75, 3.05) is 13.2 Å². The van der Waals surface area contributed by atoms with Gasteiger partial charge in [-0.2, -0.15) is 0 Å². The summed E-state index contributed by atoms with van der Waals surface area (Å²) >= 11 is 0. The average Bonchev–Trinajstić information content (AvgIpc) is 2.20. The van der Waals surface area contributed by atoms with E-state index in [2.05, 4.69) is 12.2 Å². The van der Waals surface area contributed by atoms with Crippen LogP contribution < -0.4 is 5.32 Å². The molecule has 0 aromatic carbocycles. The Bertz CT molecular complexity index is 126. The van der Waals surface area contributed by atoms with Gasteiger partial charge in [-0.3, -0.25) is 0 Å². The van der Waals surface area contributed by atoms with Crippen LogP contribution in [0, 0.1) is 5.92 Å². The summed E-state index contributed by atoms with van der Waals surface area (Å²) in [6, 6.07) is 0.549. The van der Waals surface area contributed by atoms with Crippen LogP contribution in [0.1, 0.15) is 51.9 Å². The Balaban J connectivity index is 2.21. The molecule has 0 aromatic heterocycles. The average molecular weight is 199 g/mol. The molecule has 1 atom stereocenters. The fourth-order valence-electron chi connectivity index (χ4n) is 2.57. The number of hydrogen-bond donors (Lipinski definition) is 2. The van der Waals surface area contributed by atoms with E-state index < -0.39 is 0 Å². The van der Waals surface area contributed by atoms with Crippen molar-refractivity contribution >= 4 is 0 Å². The summed E-state index contributed by atoms with van der Waals surface area (Å²) in [7, 11) is 0. The Kier molecular flexibility index (Phi) is 6.20. The zero-order chi connectivity index (χ0) is 10.2. The molecule has 84 valence electrons. The quantitative estimate of drug-likeness (QED) is 0.688. The van der Waals surface area contributed by atoms with Crippen LogP contribution in [0.4, 0.5) is 0 Å². The summed E-state index contributed by atoms with van der Waals surface area (Å²) in [5.74, 6) is 0.916. The van der Waals surface area contributed by atoms with Crippen LogP contribution in [0.25, 0.3) is 0 Å². The van der Waals surface area contributed by atoms with Crippen molar-refractivity contribution in [2.45, 2.75) is 57.9 Å². The molecule has 0 spiro atoms. The van der Waals surface area contributed by atoms with Gasteiger partial charge in [-0.15, -0.1) is 0 Å². The molecule has 1 rings (SSSR count). The standard InChI is InChI=1S/C12H25NO/c1-2-13-12(8-9-14)10-11-6-4-3-5-7-11/h11-14H,2-10H2,1H3. The summed E-state index contributed by atoms with van der Waals surface area (Å²) in [4.78, 5) is 0. The zero-order valence-corrected chi connectivity index (χ0v) is 9.47. The van der Waals surface area contributed by atoms with Crippen LogP contribution in [-0.4, -0.2) is 24.3 Å². The highest BCUT2D eigenvalue weighted by Gasteiger charge is 2.17. The molecule has 0 aliphatic heterocycles. The van der Waals surface area contributed by atoms with Crippen molar-refractivity contribution in [3.8, 4) is 0 Å². The second-order valence-electron chi connectivity index (χ2n) is 4.51. The van der Waals surface area contributed by atoms with Gasteiger partial charge in [0.1, 0.15) is 0 Å². The van der Waals surface area contributed by atoms with Crippen LogP contribution >= 0.6 is 0 Å². The van der Waals surface area contributed by atoms with E-state index in [1.165, 1.54) is 38.5 Å². The van der Waals surface area contributed by atoms with Gasteiger partial charge in [0.05, 0.1) is 0 Å². The lowest BCUT2D eigenvalue weighted by atomic mass is 9.84. The van der Waals surface area contributed by atoms with Gasteiger partial charge in [-0.25, -0.2) is 0 Å². The van der Waals surface area contributed by atoms with Crippen LogP contribution in [-0.2, 0) is 0 Å². The monoisotopic (exact) mass is 199 g/mol. The maximum Gasteiger partial charge on any atom is 0.0445 e. The van der Waals surface area contributed by atoms with Gasteiger partial charge in [-0.05, 0) is 25.3 Å². The Labute approximate surface area is 88.1 Å². The van der Waals surface area contributed by atoms with Gasteiger partial charge in [0, 0.05) is 12.6 Å². The van der Waals surface area contributed by atoms with Crippen molar-refractivity contribution in [3.05, 3.63) is 0 Å². The van der Waals surface area contributed by atoms with E-state index in [0.717, 1.165) is 18.9 Å². The summed E-state index contributed by atoms with van der Waals surface area (Å²) in [6.07, 6.45) is 9.28. The van der Waals surface area contributed by atoms with Crippen molar-refractivity contribution in [1.82, 2.24) is 5.32 Å². The zero-order valence-electron chi connectivity index (χ0n) is 9.47. The van der Waals surface area contributed by atoms with Gasteiger partial charge < -0.3 is 10.4 Å². The molecule has 1 aliphatic rings. The van der Waals surface area contributed by atoms with Crippen molar-refractivity contribution in [2.24, 2.45) is 5.92 Å². The maximum absolute atomic E-state index is 8.95. The normalized spacial score (nSPS) is 21.0. The molecular weight excluding hydrogens is 174 g/mol. The maximum atomic E-state index is 8.95. The number of nitrogens with one attached hydrogen (secondary N) is 1. The molecule has 0 bridgehead atoms. The summed E-state index contributed by atoms with van der Waals surface area (Å²) in [6.45, 7) is 3.49. The number of rotatable bonds is 6. The largest absolute Gasteiger partial charge is 0.396 e. The number of aliphatic hydroxyl groups excluding tert-OH is 1. The van der Waals surface area contributed by atoms with E-state index in [4.69, 9.17) is 5.11 Å². The minimum absolute atomic E-state index is 0.324. The predicted molar refractivity (Wildman–Crippen MR) is 60.4 cm³/mol. The van der Waals surface area contributed by atoms with Crippen molar-refractivity contribution < 1.29 is 5.11 Å². The molecule has 0 heterocycles. The molecule has 0 saturated heterocycles. The molecule has 2 N–H and O–H groups in total. The van der Waals surface area contributed by atoms with Crippen LogP contribution in [0.3, 0.4) is 0 Å². The molecule has 0 radical (unpaired) electrons. The smallest absolute Gasteiger partial charge is 0.0445 e. The Morgan fingerprint density at radius 3 is 2.57 bits per heavy atom. The Morgan fingerprint density at radius 2 is 2.00 bits per heavy atom. The molecule has 1 saturated carbocycles.